The van der Waals surface area contributed by atoms with Crippen LogP contribution in [0.1, 0.15) is 57.1 Å². The summed E-state index contributed by atoms with van der Waals surface area (Å²) in [6.45, 7) is 3.00. The SMILES string of the molecule is C[C@H](NC(=O)[C@H](Cc1ccccc1)NC(=O)[C@@](C)(Cc1c[nH]c2ccccc12)NC(=O)OC1C2CC3CC(C2)CC1C3)C(=O)O. The number of hydrogen-bond donors (Lipinski definition) is 5. The zero-order valence-corrected chi connectivity index (χ0v) is 25.8. The molecule has 10 heteroatoms. The number of nitrogens with one attached hydrogen (secondary N) is 4. The lowest BCUT2D eigenvalue weighted by molar-refractivity contribution is -0.141. The van der Waals surface area contributed by atoms with Gasteiger partial charge in [0.25, 0.3) is 0 Å². The van der Waals surface area contributed by atoms with Crippen molar-refractivity contribution in [3.05, 3.63) is 71.9 Å². The zero-order valence-electron chi connectivity index (χ0n) is 25.8. The Hall–Kier alpha value is -4.34. The summed E-state index contributed by atoms with van der Waals surface area (Å²) in [6.07, 6.45) is 6.91. The van der Waals surface area contributed by atoms with Gasteiger partial charge in [-0.25, -0.2) is 4.79 Å². The highest BCUT2D eigenvalue weighted by Crippen LogP contribution is 2.54. The molecule has 1 heterocycles. The second-order valence-corrected chi connectivity index (χ2v) is 13.6. The third-order valence-corrected chi connectivity index (χ3v) is 10.1. The van der Waals surface area contributed by atoms with Crippen LogP contribution >= 0.6 is 0 Å². The lowest BCUT2D eigenvalue weighted by Crippen LogP contribution is -2.63. The molecule has 2 aromatic carbocycles. The van der Waals surface area contributed by atoms with Gasteiger partial charge >= 0.3 is 12.1 Å². The number of aromatic nitrogens is 1. The number of carbonyl (C=O) groups is 4. The van der Waals surface area contributed by atoms with Gasteiger partial charge in [-0.2, -0.15) is 0 Å². The molecule has 0 spiro atoms. The van der Waals surface area contributed by atoms with Crippen molar-refractivity contribution >= 4 is 34.8 Å². The first-order chi connectivity index (χ1) is 21.6. The summed E-state index contributed by atoms with van der Waals surface area (Å²) < 4.78 is 6.12. The largest absolute Gasteiger partial charge is 0.480 e. The topological polar surface area (TPSA) is 150 Å². The Morgan fingerprint density at radius 3 is 2.24 bits per heavy atom. The van der Waals surface area contributed by atoms with E-state index in [0.29, 0.717) is 11.8 Å². The highest BCUT2D eigenvalue weighted by atomic mass is 16.6. The number of carboxylic acid groups (broad SMARTS) is 1. The van der Waals surface area contributed by atoms with E-state index in [4.69, 9.17) is 4.74 Å². The van der Waals surface area contributed by atoms with E-state index in [9.17, 15) is 24.3 Å². The number of ether oxygens (including phenoxy) is 1. The van der Waals surface area contributed by atoms with Gasteiger partial charge in [0.1, 0.15) is 23.7 Å². The Kier molecular flexibility index (Phi) is 8.57. The third-order valence-electron chi connectivity index (χ3n) is 10.1. The summed E-state index contributed by atoms with van der Waals surface area (Å²) in [4.78, 5) is 55.9. The molecule has 3 aromatic rings. The van der Waals surface area contributed by atoms with Crippen molar-refractivity contribution in [3.63, 3.8) is 0 Å². The summed E-state index contributed by atoms with van der Waals surface area (Å²) in [7, 11) is 0. The number of aliphatic carboxylic acids is 1. The van der Waals surface area contributed by atoms with Crippen LogP contribution < -0.4 is 16.0 Å². The second kappa shape index (κ2) is 12.6. The average molecular weight is 615 g/mol. The molecular formula is C35H42N4O6. The van der Waals surface area contributed by atoms with Gasteiger partial charge in [-0.3, -0.25) is 14.4 Å². The average Bonchev–Trinajstić information content (AvgIpc) is 3.40. The second-order valence-electron chi connectivity index (χ2n) is 13.6. The first-order valence-corrected chi connectivity index (χ1v) is 16.0. The molecule has 5 N–H and O–H groups in total. The molecule has 4 bridgehead atoms. The molecule has 1 aromatic heterocycles. The number of carbonyl (C=O) groups excluding carboxylic acids is 3. The summed E-state index contributed by atoms with van der Waals surface area (Å²) in [5, 5.41) is 18.5. The van der Waals surface area contributed by atoms with Crippen molar-refractivity contribution < 1.29 is 29.0 Å². The van der Waals surface area contributed by atoms with Crippen LogP contribution in [0.2, 0.25) is 0 Å². The number of fused-ring (bicyclic) bond motifs is 1. The lowest BCUT2D eigenvalue weighted by atomic mass is 9.55. The monoisotopic (exact) mass is 614 g/mol. The third kappa shape index (κ3) is 6.70. The first-order valence-electron chi connectivity index (χ1n) is 16.0. The molecule has 45 heavy (non-hydrogen) atoms. The number of aromatic amines is 1. The van der Waals surface area contributed by atoms with E-state index >= 15 is 0 Å². The van der Waals surface area contributed by atoms with E-state index < -0.39 is 41.5 Å². The molecule has 0 radical (unpaired) electrons. The predicted molar refractivity (Wildman–Crippen MR) is 168 cm³/mol. The van der Waals surface area contributed by atoms with Gasteiger partial charge in [0.2, 0.25) is 11.8 Å². The quantitative estimate of drug-likeness (QED) is 0.217. The van der Waals surface area contributed by atoms with Crippen molar-refractivity contribution in [1.82, 2.24) is 20.9 Å². The predicted octanol–water partition coefficient (Wildman–Crippen LogP) is 4.34. The standard InChI is InChI=1S/C35H42N4O6/c1-20(32(41)42)37-31(40)29(17-21-8-4-3-5-9-21)38-33(43)35(2,18-26-19-36-28-11-7-6-10-27(26)28)39-34(44)45-30-24-13-22-12-23(15-24)16-25(30)14-22/h3-11,19-20,22-25,29-30,36H,12-18H2,1-2H3,(H,37,40)(H,38,43)(H,39,44)(H,41,42)/t20-,22?,23?,24?,25?,29-,30?,35+/m0/s1. The maximum atomic E-state index is 14.2. The smallest absolute Gasteiger partial charge is 0.408 e. The van der Waals surface area contributed by atoms with Crippen molar-refractivity contribution in [1.29, 1.82) is 0 Å². The fourth-order valence-corrected chi connectivity index (χ4v) is 8.04. The van der Waals surface area contributed by atoms with Crippen LogP contribution in [0.4, 0.5) is 4.79 Å². The normalized spacial score (nSPS) is 26.0. The molecule has 4 aliphatic carbocycles. The summed E-state index contributed by atoms with van der Waals surface area (Å²) in [6, 6.07) is 14.6. The van der Waals surface area contributed by atoms with Gasteiger partial charge in [0.05, 0.1) is 0 Å². The van der Waals surface area contributed by atoms with Crippen molar-refractivity contribution in [3.8, 4) is 0 Å². The van der Waals surface area contributed by atoms with Crippen LogP contribution in [0.25, 0.3) is 10.9 Å². The van der Waals surface area contributed by atoms with E-state index in [1.807, 2.05) is 60.8 Å². The van der Waals surface area contributed by atoms with Crippen molar-refractivity contribution in [2.45, 2.75) is 82.5 Å². The van der Waals surface area contributed by atoms with E-state index in [2.05, 4.69) is 20.9 Å². The number of carboxylic acids is 1. The Balaban J connectivity index is 1.25. The Bertz CT molecular complexity index is 1540. The molecule has 3 amide bonds. The van der Waals surface area contributed by atoms with Crippen molar-refractivity contribution in [2.75, 3.05) is 0 Å². The Morgan fingerprint density at radius 2 is 1.58 bits per heavy atom. The first kappa shape index (κ1) is 30.7. The number of hydrogen-bond acceptors (Lipinski definition) is 5. The zero-order chi connectivity index (χ0) is 31.7. The Morgan fingerprint density at radius 1 is 0.933 bits per heavy atom. The number of alkyl carbamates (subject to hydrolysis) is 1. The van der Waals surface area contributed by atoms with E-state index in [1.165, 1.54) is 13.3 Å². The van der Waals surface area contributed by atoms with Crippen LogP contribution in [0.3, 0.4) is 0 Å². The van der Waals surface area contributed by atoms with Gasteiger partial charge in [-0.1, -0.05) is 48.5 Å². The van der Waals surface area contributed by atoms with Gasteiger partial charge in [0, 0.05) is 29.9 Å². The van der Waals surface area contributed by atoms with E-state index in [-0.39, 0.29) is 18.9 Å². The fourth-order valence-electron chi connectivity index (χ4n) is 8.04. The highest BCUT2D eigenvalue weighted by Gasteiger charge is 2.50. The molecule has 0 unspecified atom stereocenters. The number of benzene rings is 2. The fraction of sp³-hybridized carbons (Fsp3) is 0.486. The molecule has 4 fully saturated rings. The van der Waals surface area contributed by atoms with Gasteiger partial charge in [-0.15, -0.1) is 0 Å². The molecule has 0 saturated heterocycles. The molecule has 7 rings (SSSR count). The minimum atomic E-state index is -1.50. The number of rotatable bonds is 11. The summed E-state index contributed by atoms with van der Waals surface area (Å²) in [5.41, 5.74) is 1.01. The van der Waals surface area contributed by atoms with Crippen LogP contribution in [0.5, 0.6) is 0 Å². The molecular weight excluding hydrogens is 572 g/mol. The van der Waals surface area contributed by atoms with Crippen LogP contribution in [-0.4, -0.2) is 57.7 Å². The highest BCUT2D eigenvalue weighted by molar-refractivity contribution is 5.96. The van der Waals surface area contributed by atoms with Gasteiger partial charge in [0.15, 0.2) is 0 Å². The minimum Gasteiger partial charge on any atom is -0.480 e. The van der Waals surface area contributed by atoms with E-state index in [0.717, 1.165) is 59.5 Å². The Labute approximate surface area is 262 Å². The lowest BCUT2D eigenvalue weighted by Gasteiger charge is -2.53. The van der Waals surface area contributed by atoms with E-state index in [1.54, 1.807) is 6.92 Å². The summed E-state index contributed by atoms with van der Waals surface area (Å²) in [5.74, 6) is -0.227. The van der Waals surface area contributed by atoms with Crippen LogP contribution in [-0.2, 0) is 32.0 Å². The molecule has 238 valence electrons. The van der Waals surface area contributed by atoms with Crippen LogP contribution in [0.15, 0.2) is 60.8 Å². The number of para-hydroxylation sites is 1. The molecule has 3 atom stereocenters. The van der Waals surface area contributed by atoms with Gasteiger partial charge < -0.3 is 30.8 Å². The maximum Gasteiger partial charge on any atom is 0.408 e. The summed E-state index contributed by atoms with van der Waals surface area (Å²) >= 11 is 0. The van der Waals surface area contributed by atoms with Gasteiger partial charge in [-0.05, 0) is 86.8 Å². The van der Waals surface area contributed by atoms with Crippen LogP contribution in [0, 0.1) is 23.7 Å². The number of amides is 3. The van der Waals surface area contributed by atoms with Crippen molar-refractivity contribution in [2.24, 2.45) is 23.7 Å². The molecule has 0 aliphatic heterocycles. The minimum absolute atomic E-state index is 0.130. The molecule has 4 saturated carbocycles. The molecule has 10 nitrogen and oxygen atoms in total. The number of H-pyrrole nitrogens is 1. The molecule has 4 aliphatic rings. The maximum absolute atomic E-state index is 14.2.